The maximum Gasteiger partial charge on any atom is 0.243 e. The van der Waals surface area contributed by atoms with Crippen LogP contribution in [0.15, 0.2) is 53.4 Å². The zero-order valence-corrected chi connectivity index (χ0v) is 21.4. The average molecular weight is 515 g/mol. The fourth-order valence-corrected chi connectivity index (χ4v) is 7.17. The second-order valence-electron chi connectivity index (χ2n) is 10.1. The number of aliphatic hydroxyl groups excluding tert-OH is 1. The van der Waals surface area contributed by atoms with Crippen molar-refractivity contribution in [3.63, 3.8) is 0 Å². The maximum absolute atomic E-state index is 13.6. The van der Waals surface area contributed by atoms with Crippen molar-refractivity contribution in [3.05, 3.63) is 65.2 Å². The normalized spacial score (nSPS) is 27.4. The second kappa shape index (κ2) is 10.6. The summed E-state index contributed by atoms with van der Waals surface area (Å²) in [5.41, 5.74) is 3.45. The van der Waals surface area contributed by atoms with Gasteiger partial charge in [-0.3, -0.25) is 4.79 Å². The van der Waals surface area contributed by atoms with E-state index >= 15 is 0 Å². The molecule has 1 amide bonds. The van der Waals surface area contributed by atoms with Crippen molar-refractivity contribution in [1.29, 1.82) is 0 Å². The molecule has 2 aromatic carbocycles. The summed E-state index contributed by atoms with van der Waals surface area (Å²) in [5.74, 6) is 0.0549. The Morgan fingerprint density at radius 3 is 2.58 bits per heavy atom. The molecule has 0 saturated carbocycles. The molecule has 0 spiro atoms. The first-order valence-corrected chi connectivity index (χ1v) is 14.1. The topological polar surface area (TPSA) is 96.4 Å². The molecule has 2 fully saturated rings. The van der Waals surface area contributed by atoms with E-state index in [4.69, 9.17) is 9.47 Å². The molecule has 36 heavy (non-hydrogen) atoms. The van der Waals surface area contributed by atoms with E-state index in [1.54, 1.807) is 24.3 Å². The summed E-state index contributed by atoms with van der Waals surface area (Å²) >= 11 is 0. The SMILES string of the molecule is Cc1ccc(S(=O)(=O)N2C[C@H](O)COC[C@H]3O[C@@H](CC(=O)N4CCc5ccccc5C4)CC[C@@H]32)cc1. The van der Waals surface area contributed by atoms with Gasteiger partial charge >= 0.3 is 0 Å². The molecule has 2 aromatic rings. The molecule has 9 heteroatoms. The van der Waals surface area contributed by atoms with Crippen LogP contribution in [-0.2, 0) is 37.3 Å². The minimum absolute atomic E-state index is 0.0310. The molecule has 3 aliphatic heterocycles. The third-order valence-electron chi connectivity index (χ3n) is 7.45. The van der Waals surface area contributed by atoms with Crippen LogP contribution in [0.25, 0.3) is 0 Å². The number of sulfonamides is 1. The van der Waals surface area contributed by atoms with Gasteiger partial charge in [-0.05, 0) is 49.4 Å². The summed E-state index contributed by atoms with van der Waals surface area (Å²) in [7, 11) is -3.85. The van der Waals surface area contributed by atoms with Crippen LogP contribution in [0.4, 0.5) is 0 Å². The highest BCUT2D eigenvalue weighted by molar-refractivity contribution is 7.89. The van der Waals surface area contributed by atoms with Crippen molar-refractivity contribution < 1.29 is 27.8 Å². The zero-order valence-electron chi connectivity index (χ0n) is 20.6. The van der Waals surface area contributed by atoms with Crippen molar-refractivity contribution >= 4 is 15.9 Å². The number of hydrogen-bond donors (Lipinski definition) is 1. The molecule has 3 heterocycles. The van der Waals surface area contributed by atoms with Gasteiger partial charge in [-0.2, -0.15) is 4.31 Å². The molecule has 0 aliphatic carbocycles. The van der Waals surface area contributed by atoms with E-state index in [1.165, 1.54) is 15.4 Å². The molecule has 5 rings (SSSR count). The fraction of sp³-hybridized carbons (Fsp3) is 0.519. The Bertz CT molecular complexity index is 1190. The first-order valence-electron chi connectivity index (χ1n) is 12.7. The number of carbonyl (C=O) groups is 1. The van der Waals surface area contributed by atoms with Gasteiger partial charge in [-0.25, -0.2) is 8.42 Å². The van der Waals surface area contributed by atoms with Crippen molar-refractivity contribution in [2.45, 2.75) is 68.4 Å². The number of fused-ring (bicyclic) bond motifs is 2. The second-order valence-corrected chi connectivity index (χ2v) is 11.9. The van der Waals surface area contributed by atoms with Crippen LogP contribution >= 0.6 is 0 Å². The summed E-state index contributed by atoms with van der Waals surface area (Å²) in [6.45, 7) is 3.35. The Kier molecular flexibility index (Phi) is 7.46. The molecule has 0 aromatic heterocycles. The minimum atomic E-state index is -3.85. The van der Waals surface area contributed by atoms with Gasteiger partial charge in [0.2, 0.25) is 15.9 Å². The Labute approximate surface area is 212 Å². The molecule has 0 bridgehead atoms. The largest absolute Gasteiger partial charge is 0.389 e. The summed E-state index contributed by atoms with van der Waals surface area (Å²) < 4.78 is 40.5. The molecule has 1 N–H and O–H groups in total. The number of amides is 1. The predicted octanol–water partition coefficient (Wildman–Crippen LogP) is 2.27. The van der Waals surface area contributed by atoms with Gasteiger partial charge in [0.05, 0.1) is 48.9 Å². The first kappa shape index (κ1) is 25.4. The molecular weight excluding hydrogens is 480 g/mol. The third-order valence-corrected chi connectivity index (χ3v) is 9.35. The number of rotatable bonds is 4. The van der Waals surface area contributed by atoms with E-state index in [9.17, 15) is 18.3 Å². The lowest BCUT2D eigenvalue weighted by Crippen LogP contribution is -2.57. The van der Waals surface area contributed by atoms with Gasteiger partial charge in [0.15, 0.2) is 0 Å². The molecular formula is C27H34N2O6S. The highest BCUT2D eigenvalue weighted by Gasteiger charge is 2.43. The van der Waals surface area contributed by atoms with Crippen molar-refractivity contribution in [3.8, 4) is 0 Å². The molecule has 8 nitrogen and oxygen atoms in total. The lowest BCUT2D eigenvalue weighted by Gasteiger charge is -2.44. The fourth-order valence-electron chi connectivity index (χ4n) is 5.45. The number of ether oxygens (including phenoxy) is 2. The number of carbonyl (C=O) groups excluding carboxylic acids is 1. The first-order chi connectivity index (χ1) is 17.3. The quantitative estimate of drug-likeness (QED) is 0.673. The van der Waals surface area contributed by atoms with E-state index < -0.39 is 28.3 Å². The van der Waals surface area contributed by atoms with Crippen molar-refractivity contribution in [1.82, 2.24) is 9.21 Å². The van der Waals surface area contributed by atoms with Gasteiger partial charge in [0.25, 0.3) is 0 Å². The van der Waals surface area contributed by atoms with Crippen molar-refractivity contribution in [2.75, 3.05) is 26.3 Å². The highest BCUT2D eigenvalue weighted by atomic mass is 32.2. The number of β-amino-alcohol motifs (C(OH)–C–C–N with tert-alkyl or cyclic N) is 1. The van der Waals surface area contributed by atoms with Crippen LogP contribution in [-0.4, -0.2) is 79.3 Å². The van der Waals surface area contributed by atoms with E-state index in [1.807, 2.05) is 24.0 Å². The number of nitrogens with zero attached hydrogens (tertiary/aromatic N) is 2. The van der Waals surface area contributed by atoms with Crippen LogP contribution in [0.3, 0.4) is 0 Å². The number of benzene rings is 2. The summed E-state index contributed by atoms with van der Waals surface area (Å²) in [4.78, 5) is 15.2. The summed E-state index contributed by atoms with van der Waals surface area (Å²) in [6, 6.07) is 14.5. The Hall–Kier alpha value is -2.30. The number of aryl methyl sites for hydroxylation is 1. The number of hydrogen-bond acceptors (Lipinski definition) is 6. The van der Waals surface area contributed by atoms with Crippen LogP contribution < -0.4 is 0 Å². The summed E-state index contributed by atoms with van der Waals surface area (Å²) in [6.07, 6.45) is 0.477. The van der Waals surface area contributed by atoms with Gasteiger partial charge in [-0.15, -0.1) is 0 Å². The monoisotopic (exact) mass is 514 g/mol. The van der Waals surface area contributed by atoms with E-state index in [0.717, 1.165) is 12.0 Å². The van der Waals surface area contributed by atoms with Crippen LogP contribution in [0.1, 0.15) is 36.0 Å². The van der Waals surface area contributed by atoms with E-state index in [-0.39, 0.29) is 43.1 Å². The van der Waals surface area contributed by atoms with E-state index in [2.05, 4.69) is 12.1 Å². The van der Waals surface area contributed by atoms with Gasteiger partial charge in [0, 0.05) is 19.6 Å². The Morgan fingerprint density at radius 2 is 1.81 bits per heavy atom. The third kappa shape index (κ3) is 5.35. The van der Waals surface area contributed by atoms with Gasteiger partial charge < -0.3 is 19.5 Å². The molecule has 0 unspecified atom stereocenters. The Morgan fingerprint density at radius 1 is 1.06 bits per heavy atom. The Balaban J connectivity index is 1.28. The van der Waals surface area contributed by atoms with Gasteiger partial charge in [-0.1, -0.05) is 42.0 Å². The van der Waals surface area contributed by atoms with Crippen LogP contribution in [0.2, 0.25) is 0 Å². The van der Waals surface area contributed by atoms with E-state index in [0.29, 0.717) is 25.9 Å². The van der Waals surface area contributed by atoms with Crippen LogP contribution in [0, 0.1) is 6.92 Å². The predicted molar refractivity (Wildman–Crippen MR) is 134 cm³/mol. The maximum atomic E-state index is 13.6. The molecule has 0 radical (unpaired) electrons. The summed E-state index contributed by atoms with van der Waals surface area (Å²) in [5, 5.41) is 10.4. The standard InChI is InChI=1S/C27H34N2O6S/c1-19-6-9-24(10-7-19)36(32,33)29-16-22(30)17-34-18-26-25(29)11-8-23(35-26)14-27(31)28-13-12-20-4-2-3-5-21(20)15-28/h2-7,9-10,22-23,25-26,30H,8,11-18H2,1H3/t22-,23+,25-,26+/m0/s1. The molecule has 3 aliphatic rings. The smallest absolute Gasteiger partial charge is 0.243 e. The number of aliphatic hydroxyl groups is 1. The zero-order chi connectivity index (χ0) is 25.3. The van der Waals surface area contributed by atoms with Crippen LogP contribution in [0.5, 0.6) is 0 Å². The molecule has 4 atom stereocenters. The minimum Gasteiger partial charge on any atom is -0.389 e. The average Bonchev–Trinajstić information content (AvgIpc) is 2.86. The van der Waals surface area contributed by atoms with Crippen molar-refractivity contribution in [2.24, 2.45) is 0 Å². The lowest BCUT2D eigenvalue weighted by molar-refractivity contribution is -0.152. The highest BCUT2D eigenvalue weighted by Crippen LogP contribution is 2.32. The van der Waals surface area contributed by atoms with Gasteiger partial charge in [0.1, 0.15) is 0 Å². The molecule has 194 valence electrons. The molecule has 2 saturated heterocycles. The lowest BCUT2D eigenvalue weighted by atomic mass is 9.95.